The Morgan fingerprint density at radius 2 is 2.50 bits per heavy atom. The average molecular weight is 175 g/mol. The van der Waals surface area contributed by atoms with E-state index in [1.165, 1.54) is 12.3 Å². The van der Waals surface area contributed by atoms with Crippen molar-refractivity contribution in [2.75, 3.05) is 0 Å². The van der Waals surface area contributed by atoms with Crippen molar-refractivity contribution < 1.29 is 4.39 Å². The highest BCUT2D eigenvalue weighted by Gasteiger charge is 1.88. The van der Waals surface area contributed by atoms with Crippen LogP contribution in [-0.4, -0.2) is 4.98 Å². The second-order valence-electron chi connectivity index (χ2n) is 1.25. The Morgan fingerprint density at radius 3 is 2.88 bits per heavy atom. The van der Waals surface area contributed by atoms with E-state index < -0.39 is 5.82 Å². The van der Waals surface area contributed by atoms with Gasteiger partial charge in [-0.1, -0.05) is 0 Å². The van der Waals surface area contributed by atoms with Gasteiger partial charge in [-0.2, -0.15) is 0 Å². The summed E-state index contributed by atoms with van der Waals surface area (Å²) in [6.07, 6.45) is 3.60. The molecule has 0 atom stereocenters. The second kappa shape index (κ2) is 2.22. The molecule has 0 saturated carbocycles. The average Bonchev–Trinajstić information content (AvgIpc) is 1.64. The predicted octanol–water partition coefficient (Wildman–Crippen LogP) is 1.78. The number of hydrogen-bond donors (Lipinski definition) is 0. The Morgan fingerprint density at radius 1 is 1.75 bits per heavy atom. The van der Waals surface area contributed by atoms with Crippen molar-refractivity contribution in [3.8, 4) is 0 Å². The third-order valence-corrected chi connectivity index (χ3v) is 1.06. The van der Waals surface area contributed by atoms with Crippen LogP contribution in [0.15, 0.2) is 16.7 Å². The highest BCUT2D eigenvalue weighted by atomic mass is 79.9. The van der Waals surface area contributed by atoms with E-state index >= 15 is 0 Å². The summed E-state index contributed by atoms with van der Waals surface area (Å²) in [5.74, 6) is -0.445. The zero-order valence-electron chi connectivity index (χ0n) is 3.86. The quantitative estimate of drug-likeness (QED) is 0.585. The largest absolute Gasteiger partial charge is 0.250 e. The predicted molar refractivity (Wildman–Crippen MR) is 30.7 cm³/mol. The number of hydrogen-bond acceptors (Lipinski definition) is 1. The first kappa shape index (κ1) is 5.69. The summed E-state index contributed by atoms with van der Waals surface area (Å²) in [7, 11) is 0. The molecule has 1 aromatic rings. The third kappa shape index (κ3) is 1.26. The van der Waals surface area contributed by atoms with E-state index in [1.807, 2.05) is 0 Å². The maximum Gasteiger partial charge on any atom is 0.152 e. The zero-order valence-corrected chi connectivity index (χ0v) is 5.44. The molecule has 1 heterocycles. The fraction of sp³-hybridized carbons (Fsp3) is 0. The Hall–Kier alpha value is -0.440. The molecule has 0 aliphatic carbocycles. The maximum absolute atomic E-state index is 12.0. The van der Waals surface area contributed by atoms with Gasteiger partial charge in [-0.05, 0) is 22.0 Å². The summed E-state index contributed by atoms with van der Waals surface area (Å²) >= 11 is 3.04. The third-order valence-electron chi connectivity index (χ3n) is 0.624. The smallest absolute Gasteiger partial charge is 0.152 e. The molecule has 0 aliphatic heterocycles. The van der Waals surface area contributed by atoms with Crippen LogP contribution in [0.4, 0.5) is 4.39 Å². The fourth-order valence-corrected chi connectivity index (χ4v) is 0.650. The Bertz CT molecular complexity index is 172. The lowest BCUT2D eigenvalue weighted by atomic mass is 10.5. The van der Waals surface area contributed by atoms with Gasteiger partial charge in [0.05, 0.1) is 0 Å². The molecule has 1 radical (unpaired) electrons. The topological polar surface area (TPSA) is 12.9 Å². The molecule has 8 heavy (non-hydrogen) atoms. The minimum absolute atomic E-state index is 0.445. The number of halogens is 2. The summed E-state index contributed by atoms with van der Waals surface area (Å²) in [5, 5.41) is 0. The van der Waals surface area contributed by atoms with Gasteiger partial charge in [0.1, 0.15) is 6.20 Å². The van der Waals surface area contributed by atoms with Gasteiger partial charge in [-0.15, -0.1) is 0 Å². The minimum Gasteiger partial charge on any atom is -0.250 e. The van der Waals surface area contributed by atoms with Crippen molar-refractivity contribution in [2.45, 2.75) is 0 Å². The van der Waals surface area contributed by atoms with Gasteiger partial charge in [-0.25, -0.2) is 4.39 Å². The molecule has 1 nitrogen and oxygen atoms in total. The van der Waals surface area contributed by atoms with Crippen LogP contribution in [0.2, 0.25) is 0 Å². The molecule has 0 unspecified atom stereocenters. The molecule has 1 aromatic heterocycles. The molecule has 0 spiro atoms. The van der Waals surface area contributed by atoms with Crippen LogP contribution in [0.3, 0.4) is 0 Å². The van der Waals surface area contributed by atoms with E-state index in [4.69, 9.17) is 0 Å². The van der Waals surface area contributed by atoms with E-state index in [0.717, 1.165) is 0 Å². The van der Waals surface area contributed by atoms with Crippen LogP contribution in [0.5, 0.6) is 0 Å². The van der Waals surface area contributed by atoms with Gasteiger partial charge < -0.3 is 0 Å². The van der Waals surface area contributed by atoms with Gasteiger partial charge in [0.25, 0.3) is 0 Å². The number of nitrogens with zero attached hydrogens (tertiary/aromatic N) is 1. The molecule has 0 amide bonds. The van der Waals surface area contributed by atoms with Crippen LogP contribution in [0, 0.1) is 12.0 Å². The summed E-state index contributed by atoms with van der Waals surface area (Å²) in [5.41, 5.74) is 0. The van der Waals surface area contributed by atoms with Crippen LogP contribution >= 0.6 is 15.9 Å². The van der Waals surface area contributed by atoms with Crippen LogP contribution in [0.25, 0.3) is 0 Å². The number of aromatic nitrogens is 1. The van der Waals surface area contributed by atoms with Crippen molar-refractivity contribution in [3.63, 3.8) is 0 Å². The normalized spacial score (nSPS) is 9.25. The molecule has 3 heteroatoms. The Labute approximate surface area is 54.7 Å². The first-order chi connectivity index (χ1) is 3.79. The first-order valence-electron chi connectivity index (χ1n) is 1.98. The summed E-state index contributed by atoms with van der Waals surface area (Å²) in [4.78, 5) is 3.44. The van der Waals surface area contributed by atoms with E-state index in [1.54, 1.807) is 0 Å². The fourth-order valence-electron chi connectivity index (χ4n) is 0.346. The summed E-state index contributed by atoms with van der Waals surface area (Å²) < 4.78 is 12.7. The first-order valence-corrected chi connectivity index (χ1v) is 2.77. The summed E-state index contributed by atoms with van der Waals surface area (Å²) in [6, 6.07) is 1.30. The maximum atomic E-state index is 12.0. The van der Waals surface area contributed by atoms with Crippen molar-refractivity contribution in [1.29, 1.82) is 0 Å². The zero-order chi connectivity index (χ0) is 5.98. The van der Waals surface area contributed by atoms with Gasteiger partial charge in [0.15, 0.2) is 5.82 Å². The van der Waals surface area contributed by atoms with Gasteiger partial charge in [0, 0.05) is 10.7 Å². The molecule has 0 N–H and O–H groups in total. The monoisotopic (exact) mass is 174 g/mol. The highest BCUT2D eigenvalue weighted by molar-refractivity contribution is 9.10. The van der Waals surface area contributed by atoms with Crippen molar-refractivity contribution in [1.82, 2.24) is 4.98 Å². The van der Waals surface area contributed by atoms with E-state index in [-0.39, 0.29) is 0 Å². The van der Waals surface area contributed by atoms with E-state index in [0.29, 0.717) is 4.47 Å². The van der Waals surface area contributed by atoms with Crippen molar-refractivity contribution in [3.05, 3.63) is 28.7 Å². The van der Waals surface area contributed by atoms with E-state index in [2.05, 4.69) is 27.1 Å². The molecular formula is C5H2BrFN. The molecule has 0 aromatic carbocycles. The molecule has 0 saturated heterocycles. The van der Waals surface area contributed by atoms with Crippen LogP contribution in [-0.2, 0) is 0 Å². The Balaban J connectivity index is 3.08. The van der Waals surface area contributed by atoms with Gasteiger partial charge >= 0.3 is 0 Å². The lowest BCUT2D eigenvalue weighted by Gasteiger charge is -1.84. The van der Waals surface area contributed by atoms with Crippen molar-refractivity contribution >= 4 is 15.9 Å². The van der Waals surface area contributed by atoms with Crippen LogP contribution < -0.4 is 0 Å². The molecular weight excluding hydrogens is 173 g/mol. The molecule has 0 bridgehead atoms. The Kier molecular flexibility index (Phi) is 1.58. The van der Waals surface area contributed by atoms with Gasteiger partial charge in [-0.3, -0.25) is 4.98 Å². The number of rotatable bonds is 0. The second-order valence-corrected chi connectivity index (χ2v) is 2.16. The highest BCUT2D eigenvalue weighted by Crippen LogP contribution is 2.06. The molecule has 1 rings (SSSR count). The SMILES string of the molecule is Fc1[c]ncc(Br)c1. The molecule has 0 aliphatic rings. The number of pyridine rings is 1. The lowest BCUT2D eigenvalue weighted by Crippen LogP contribution is -1.75. The summed E-state index contributed by atoms with van der Waals surface area (Å²) in [6.45, 7) is 0. The standard InChI is InChI=1S/C5H2BrFN/c6-4-1-5(7)3-8-2-4/h1-2H. The molecule has 0 fully saturated rings. The van der Waals surface area contributed by atoms with Gasteiger partial charge in [0.2, 0.25) is 0 Å². The minimum atomic E-state index is -0.445. The van der Waals surface area contributed by atoms with Crippen molar-refractivity contribution in [2.24, 2.45) is 0 Å². The van der Waals surface area contributed by atoms with E-state index in [9.17, 15) is 4.39 Å². The lowest BCUT2D eigenvalue weighted by molar-refractivity contribution is 0.617. The molecule has 41 valence electrons. The van der Waals surface area contributed by atoms with Crippen LogP contribution in [0.1, 0.15) is 0 Å².